The van der Waals surface area contributed by atoms with Crippen LogP contribution in [0.1, 0.15) is 128 Å². The predicted molar refractivity (Wildman–Crippen MR) is 145 cm³/mol. The summed E-state index contributed by atoms with van der Waals surface area (Å²) in [5.41, 5.74) is 1.85. The molecule has 0 unspecified atom stereocenters. The van der Waals surface area contributed by atoms with Gasteiger partial charge in [-0.05, 0) is 47.6 Å². The molecule has 0 bridgehead atoms. The minimum atomic E-state index is -4.52. The Morgan fingerprint density at radius 3 is 1.51 bits per heavy atom. The number of unbranched alkanes of at least 4 members (excludes halogenated alkanes) is 14. The Bertz CT molecular complexity index is 940. The molecule has 0 fully saturated rings. The maximum absolute atomic E-state index is 12.3. The van der Waals surface area contributed by atoms with Crippen molar-refractivity contribution >= 4 is 20.9 Å². The quantitative estimate of drug-likeness (QED) is 0.130. The molecule has 0 aromatic heterocycles. The van der Waals surface area contributed by atoms with E-state index in [1.54, 1.807) is 0 Å². The predicted octanol–water partition coefficient (Wildman–Crippen LogP) is 6.11. The fourth-order valence-electron chi connectivity index (χ4n) is 5.05. The second-order valence-electron chi connectivity index (χ2n) is 9.97. The van der Waals surface area contributed by atoms with Crippen LogP contribution in [0.15, 0.2) is 35.2 Å². The van der Waals surface area contributed by atoms with E-state index in [4.69, 9.17) is 0 Å². The molecular weight excluding hydrogens is 463 g/mol. The van der Waals surface area contributed by atoms with Gasteiger partial charge in [0.15, 0.2) is 0 Å². The molecule has 2 aromatic rings. The smallest absolute Gasteiger partial charge is 0.744 e. The zero-order valence-electron chi connectivity index (χ0n) is 22.7. The van der Waals surface area contributed by atoms with Crippen LogP contribution in [0.25, 0.3) is 10.8 Å². The van der Waals surface area contributed by atoms with Gasteiger partial charge in [-0.1, -0.05) is 134 Å². The number of hydrogen-bond donors (Lipinski definition) is 0. The average molecular weight is 511 g/mol. The van der Waals surface area contributed by atoms with E-state index in [0.29, 0.717) is 17.4 Å². The first-order chi connectivity index (χ1) is 16.5. The molecule has 0 aliphatic rings. The summed E-state index contributed by atoms with van der Waals surface area (Å²) in [4.78, 5) is 0.0192. The summed E-state index contributed by atoms with van der Waals surface area (Å²) in [5, 5.41) is 1.55. The van der Waals surface area contributed by atoms with E-state index in [2.05, 4.69) is 19.9 Å². The van der Waals surface area contributed by atoms with Crippen molar-refractivity contribution < 1.29 is 42.5 Å². The molecule has 5 heteroatoms. The number of aryl methyl sites for hydroxylation is 2. The Labute approximate surface area is 237 Å². The summed E-state index contributed by atoms with van der Waals surface area (Å²) in [6, 6.07) is 9.75. The van der Waals surface area contributed by atoms with Gasteiger partial charge >= 0.3 is 29.6 Å². The Balaban J connectivity index is 0.00000612. The Kier molecular flexibility index (Phi) is 17.5. The third-order valence-electron chi connectivity index (χ3n) is 7.03. The molecule has 0 aliphatic heterocycles. The topological polar surface area (TPSA) is 57.2 Å². The Morgan fingerprint density at radius 1 is 0.571 bits per heavy atom. The van der Waals surface area contributed by atoms with Gasteiger partial charge in [0.2, 0.25) is 0 Å². The summed E-state index contributed by atoms with van der Waals surface area (Å²) in [5.74, 6) is 0. The second-order valence-corrected chi connectivity index (χ2v) is 11.3. The van der Waals surface area contributed by atoms with E-state index >= 15 is 0 Å². The molecule has 0 spiro atoms. The third-order valence-corrected chi connectivity index (χ3v) is 8.02. The number of fused-ring (bicyclic) bond motifs is 1. The van der Waals surface area contributed by atoms with Gasteiger partial charge < -0.3 is 4.55 Å². The van der Waals surface area contributed by atoms with E-state index in [0.717, 1.165) is 36.6 Å². The monoisotopic (exact) mass is 510 g/mol. The molecule has 0 saturated heterocycles. The molecule has 0 heterocycles. The number of rotatable bonds is 19. The van der Waals surface area contributed by atoms with Crippen molar-refractivity contribution in [3.8, 4) is 0 Å². The molecule has 2 rings (SSSR count). The first-order valence-corrected chi connectivity index (χ1v) is 15.4. The fraction of sp³-hybridized carbons (Fsp3) is 0.667. The fourth-order valence-corrected chi connectivity index (χ4v) is 5.99. The molecule has 35 heavy (non-hydrogen) atoms. The van der Waals surface area contributed by atoms with Gasteiger partial charge in [0.25, 0.3) is 0 Å². The van der Waals surface area contributed by atoms with Crippen molar-refractivity contribution in [3.05, 3.63) is 41.5 Å². The van der Waals surface area contributed by atoms with Crippen LogP contribution in [0.2, 0.25) is 0 Å². The Morgan fingerprint density at radius 2 is 1.03 bits per heavy atom. The van der Waals surface area contributed by atoms with Crippen molar-refractivity contribution in [3.63, 3.8) is 0 Å². The first kappa shape index (κ1) is 32.6. The number of benzene rings is 2. The molecule has 0 aliphatic carbocycles. The summed E-state index contributed by atoms with van der Waals surface area (Å²) in [6.45, 7) is 4.47. The first-order valence-electron chi connectivity index (χ1n) is 14.0. The van der Waals surface area contributed by atoms with Crippen LogP contribution in [0, 0.1) is 0 Å². The van der Waals surface area contributed by atoms with Crippen molar-refractivity contribution in [1.29, 1.82) is 0 Å². The summed E-state index contributed by atoms with van der Waals surface area (Å²) < 4.78 is 36.8. The van der Waals surface area contributed by atoms with Gasteiger partial charge in [-0.15, -0.1) is 0 Å². The molecule has 0 atom stereocenters. The van der Waals surface area contributed by atoms with E-state index in [-0.39, 0.29) is 34.5 Å². The van der Waals surface area contributed by atoms with Gasteiger partial charge in [0.1, 0.15) is 10.1 Å². The van der Waals surface area contributed by atoms with Crippen LogP contribution in [0.3, 0.4) is 0 Å². The summed E-state index contributed by atoms with van der Waals surface area (Å²) in [7, 11) is -4.52. The van der Waals surface area contributed by atoms with Crippen LogP contribution in [-0.2, 0) is 23.0 Å². The largest absolute Gasteiger partial charge is 1.00 e. The number of hydrogen-bond acceptors (Lipinski definition) is 3. The van der Waals surface area contributed by atoms with Gasteiger partial charge in [0, 0.05) is 0 Å². The molecule has 3 nitrogen and oxygen atoms in total. The minimum absolute atomic E-state index is 0. The van der Waals surface area contributed by atoms with Crippen LogP contribution in [0.5, 0.6) is 0 Å². The molecule has 0 saturated carbocycles. The van der Waals surface area contributed by atoms with Crippen molar-refractivity contribution in [2.24, 2.45) is 0 Å². The molecule has 0 amide bonds. The second kappa shape index (κ2) is 18.8. The summed E-state index contributed by atoms with van der Waals surface area (Å²) in [6.07, 6.45) is 21.3. The van der Waals surface area contributed by atoms with Crippen LogP contribution in [0.4, 0.5) is 0 Å². The third kappa shape index (κ3) is 12.1. The molecule has 2 aromatic carbocycles. The molecule has 0 N–H and O–H groups in total. The molecule has 192 valence electrons. The van der Waals surface area contributed by atoms with Gasteiger partial charge in [-0.25, -0.2) is 8.42 Å². The van der Waals surface area contributed by atoms with Crippen LogP contribution < -0.4 is 29.6 Å². The van der Waals surface area contributed by atoms with Crippen molar-refractivity contribution in [2.45, 2.75) is 134 Å². The average Bonchev–Trinajstić information content (AvgIpc) is 2.81. The van der Waals surface area contributed by atoms with E-state index in [1.807, 2.05) is 24.3 Å². The SMILES string of the molecule is CCCCCCCCCCc1ccc2c(CCCCCCCCCC)cccc2c1S(=O)(=O)[O-].[Na+]. The zero-order chi connectivity index (χ0) is 24.7. The van der Waals surface area contributed by atoms with Crippen molar-refractivity contribution in [2.75, 3.05) is 0 Å². The van der Waals surface area contributed by atoms with Gasteiger partial charge in [0.05, 0.1) is 4.90 Å². The van der Waals surface area contributed by atoms with Crippen molar-refractivity contribution in [1.82, 2.24) is 0 Å². The maximum Gasteiger partial charge on any atom is 1.00 e. The normalized spacial score (nSPS) is 11.6. The van der Waals surface area contributed by atoms with Crippen LogP contribution in [-0.4, -0.2) is 13.0 Å². The van der Waals surface area contributed by atoms with E-state index in [1.165, 1.54) is 83.5 Å². The molecule has 0 radical (unpaired) electrons. The summed E-state index contributed by atoms with van der Waals surface area (Å²) >= 11 is 0. The van der Waals surface area contributed by atoms with Crippen LogP contribution >= 0.6 is 0 Å². The van der Waals surface area contributed by atoms with Gasteiger partial charge in [-0.3, -0.25) is 0 Å². The minimum Gasteiger partial charge on any atom is -0.744 e. The van der Waals surface area contributed by atoms with Gasteiger partial charge in [-0.2, -0.15) is 0 Å². The standard InChI is InChI=1S/C30H48O3S.Na/c1-3-5-7-9-11-13-15-17-20-26-22-19-23-29-28(26)25-24-27(30(29)34(31,32)33)21-18-16-14-12-10-8-6-4-2;/h19,22-25H,3-18,20-21H2,1-2H3,(H,31,32,33);/q;+1/p-1. The van der Waals surface area contributed by atoms with E-state index < -0.39 is 10.1 Å². The maximum atomic E-state index is 12.3. The van der Waals surface area contributed by atoms with E-state index in [9.17, 15) is 13.0 Å². The zero-order valence-corrected chi connectivity index (χ0v) is 25.6. The Hall–Kier alpha value is -0.390. The molecular formula is C30H47NaO3S.